The number of carbonyl (C=O) groups is 6. The predicted octanol–water partition coefficient (Wildman–Crippen LogP) is 5.37. The number of nitrogens with zero attached hydrogens (tertiary/aromatic N) is 10. The Bertz CT molecular complexity index is 2720. The zero-order chi connectivity index (χ0) is 51.3. The predicted molar refractivity (Wildman–Crippen MR) is 281 cm³/mol. The van der Waals surface area contributed by atoms with Crippen molar-refractivity contribution in [3.05, 3.63) is 83.8 Å². The first-order chi connectivity index (χ1) is 35.8. The third kappa shape index (κ3) is 11.9. The largest absolute Gasteiger partial charge is 0.368 e. The van der Waals surface area contributed by atoms with E-state index in [0.29, 0.717) is 50.3 Å². The summed E-state index contributed by atoms with van der Waals surface area (Å²) in [4.78, 5) is 99.5. The summed E-state index contributed by atoms with van der Waals surface area (Å²) in [5.41, 5.74) is 8.49. The number of fused-ring (bicyclic) bond motifs is 3. The minimum Gasteiger partial charge on any atom is -0.368 e. The van der Waals surface area contributed by atoms with E-state index in [2.05, 4.69) is 57.3 Å². The van der Waals surface area contributed by atoms with Crippen molar-refractivity contribution in [2.24, 2.45) is 11.7 Å². The number of likely N-dealkylation sites (tertiary alicyclic amines) is 1. The number of amides is 6. The molecule has 0 spiro atoms. The van der Waals surface area contributed by atoms with E-state index >= 15 is 0 Å². The maximum absolute atomic E-state index is 13.6. The van der Waals surface area contributed by atoms with Gasteiger partial charge in [-0.3, -0.25) is 43.9 Å². The van der Waals surface area contributed by atoms with Crippen LogP contribution in [0.1, 0.15) is 122 Å². The highest BCUT2D eigenvalue weighted by Gasteiger charge is 2.45. The van der Waals surface area contributed by atoms with Gasteiger partial charge in [0.25, 0.3) is 17.7 Å². The van der Waals surface area contributed by atoms with Crippen molar-refractivity contribution in [1.82, 2.24) is 40.2 Å². The molecule has 0 aliphatic carbocycles. The van der Waals surface area contributed by atoms with Crippen molar-refractivity contribution in [2.45, 2.75) is 118 Å². The molecule has 6 aliphatic rings. The fraction of sp³-hybridized carbons (Fsp3) is 0.519. The zero-order valence-corrected chi connectivity index (χ0v) is 43.1. The van der Waals surface area contributed by atoms with E-state index in [9.17, 15) is 28.8 Å². The Morgan fingerprint density at radius 3 is 2.31 bits per heavy atom. The first kappa shape index (κ1) is 51.0. The zero-order valence-electron chi connectivity index (χ0n) is 42.3. The van der Waals surface area contributed by atoms with Crippen molar-refractivity contribution in [3.8, 4) is 0 Å². The third-order valence-corrected chi connectivity index (χ3v) is 16.6. The van der Waals surface area contributed by atoms with Crippen LogP contribution in [0.25, 0.3) is 0 Å². The molecule has 4 N–H and O–H groups in total. The summed E-state index contributed by atoms with van der Waals surface area (Å²) < 4.78 is 0. The van der Waals surface area contributed by atoms with Gasteiger partial charge < -0.3 is 30.7 Å². The van der Waals surface area contributed by atoms with Crippen LogP contribution in [0.2, 0.25) is 0 Å². The number of unbranched alkanes of at least 4 members (excludes halogenated alkanes) is 5. The van der Waals surface area contributed by atoms with Gasteiger partial charge in [0.2, 0.25) is 17.7 Å². The average Bonchev–Trinajstić information content (AvgIpc) is 3.80. The number of nitrogens with one attached hydrogen (secondary N) is 2. The minimum absolute atomic E-state index is 0.0403. The van der Waals surface area contributed by atoms with Crippen molar-refractivity contribution in [3.63, 3.8) is 0 Å². The van der Waals surface area contributed by atoms with Gasteiger partial charge in [0.05, 0.1) is 23.5 Å². The number of piperidine rings is 2. The Morgan fingerprint density at radius 1 is 0.770 bits per heavy atom. The van der Waals surface area contributed by atoms with Crippen molar-refractivity contribution in [1.29, 1.82) is 0 Å². The number of carbonyl (C=O) groups excluding carboxylic acids is 6. The molecular formula is C54H67N13O6S. The van der Waals surface area contributed by atoms with E-state index in [1.54, 1.807) is 29.2 Å². The Balaban J connectivity index is 0.606. The molecule has 3 unspecified atom stereocenters. The highest BCUT2D eigenvalue weighted by atomic mass is 32.2. The van der Waals surface area contributed by atoms with Gasteiger partial charge in [0.1, 0.15) is 16.9 Å². The lowest BCUT2D eigenvalue weighted by molar-refractivity contribution is -0.136. The molecule has 2 aromatic heterocycles. The van der Waals surface area contributed by atoms with Crippen LogP contribution in [0, 0.1) is 5.92 Å². The van der Waals surface area contributed by atoms with Crippen molar-refractivity contribution < 1.29 is 28.8 Å². The number of anilines is 4. The molecule has 74 heavy (non-hydrogen) atoms. The molecule has 3 atom stereocenters. The normalized spacial score (nSPS) is 22.0. The lowest BCUT2D eigenvalue weighted by Crippen LogP contribution is -2.54. The summed E-state index contributed by atoms with van der Waals surface area (Å²) in [5, 5.41) is 15.1. The summed E-state index contributed by atoms with van der Waals surface area (Å²) in [6.07, 6.45) is 15.0. The number of piperazine rings is 1. The van der Waals surface area contributed by atoms with Crippen LogP contribution in [0.4, 0.5) is 23.0 Å². The third-order valence-electron chi connectivity index (χ3n) is 15.7. The number of rotatable bonds is 17. The summed E-state index contributed by atoms with van der Waals surface area (Å²) in [7, 11) is 0. The van der Waals surface area contributed by atoms with Crippen LogP contribution in [-0.2, 0) is 14.4 Å². The van der Waals surface area contributed by atoms with Crippen LogP contribution in [0.3, 0.4) is 0 Å². The molecule has 8 heterocycles. The number of hydrogen-bond donors (Lipinski definition) is 3. The Hall–Kier alpha value is -6.51. The van der Waals surface area contributed by atoms with Crippen LogP contribution in [0.15, 0.2) is 76.9 Å². The van der Waals surface area contributed by atoms with Gasteiger partial charge >= 0.3 is 0 Å². The molecule has 20 heteroatoms. The summed E-state index contributed by atoms with van der Waals surface area (Å²) in [6.45, 7) is 9.82. The topological polar surface area (TPSA) is 223 Å². The Morgan fingerprint density at radius 2 is 1.55 bits per heavy atom. The van der Waals surface area contributed by atoms with Crippen molar-refractivity contribution in [2.75, 3.05) is 85.5 Å². The van der Waals surface area contributed by atoms with Crippen LogP contribution in [-0.4, -0.2) is 153 Å². The smallest absolute Gasteiger partial charge is 0.274 e. The molecule has 10 rings (SSSR count). The van der Waals surface area contributed by atoms with Gasteiger partial charge in [-0.1, -0.05) is 43.5 Å². The Kier molecular flexibility index (Phi) is 15.5. The number of benzene rings is 2. The average molecular weight is 1030 g/mol. The minimum atomic E-state index is -1.02. The van der Waals surface area contributed by atoms with E-state index in [1.165, 1.54) is 24.6 Å². The number of aromatic nitrogens is 4. The molecule has 0 saturated carbocycles. The monoisotopic (exact) mass is 1030 g/mol. The van der Waals surface area contributed by atoms with E-state index < -0.39 is 29.7 Å². The van der Waals surface area contributed by atoms with E-state index in [-0.39, 0.29) is 41.3 Å². The molecule has 6 aliphatic heterocycles. The first-order valence-electron chi connectivity index (χ1n) is 26.5. The number of hydrogen-bond acceptors (Lipinski definition) is 16. The quantitative estimate of drug-likeness (QED) is 0.0894. The van der Waals surface area contributed by atoms with Gasteiger partial charge in [0, 0.05) is 99.6 Å². The summed E-state index contributed by atoms with van der Waals surface area (Å²) >= 11 is 1.53. The van der Waals surface area contributed by atoms with Gasteiger partial charge in [-0.15, -0.1) is 10.2 Å². The second-order valence-electron chi connectivity index (χ2n) is 21.1. The standard InChI is InChI=1S/C54H67N13O6S/c1-54(55)19-23-63(24-20-54)46-32-57-49(33-56-46)74-40-10-8-9-37(30-40)58-47(68)11-6-4-2-3-5-7-21-65-34-36-18-22-66(35-39(65)29-36)45-16-14-43(60-61-45)53(73)64-27-25-62(26-28-64)38-12-13-41-42(31-38)52(72)67(51(41)71)44-15-17-48(69)59-50(44)70/h8-10,12-14,16,30-33,36,39,44H,2-7,11,15,17-29,34-35,55H2,1H3,(H,58,68)(H,59,69,70). The van der Waals surface area contributed by atoms with Crippen LogP contribution >= 0.6 is 11.8 Å². The molecule has 2 aromatic carbocycles. The molecular weight excluding hydrogens is 959 g/mol. The van der Waals surface area contributed by atoms with E-state index in [0.717, 1.165) is 128 Å². The highest BCUT2D eigenvalue weighted by Crippen LogP contribution is 2.34. The second kappa shape index (κ2) is 22.5. The molecule has 6 amide bonds. The molecule has 0 radical (unpaired) electrons. The molecule has 4 aromatic rings. The summed E-state index contributed by atoms with van der Waals surface area (Å²) in [6, 6.07) is 16.1. The fourth-order valence-corrected chi connectivity index (χ4v) is 12.1. The van der Waals surface area contributed by atoms with E-state index in [1.807, 2.05) is 42.7 Å². The number of nitrogens with two attached hydrogens (primary N) is 1. The van der Waals surface area contributed by atoms with Crippen LogP contribution in [0.5, 0.6) is 0 Å². The second-order valence-corrected chi connectivity index (χ2v) is 22.2. The lowest BCUT2D eigenvalue weighted by Gasteiger charge is -2.37. The van der Waals surface area contributed by atoms with Crippen molar-refractivity contribution >= 4 is 70.2 Å². The fourth-order valence-electron chi connectivity index (χ4n) is 11.3. The molecule has 5 fully saturated rings. The Labute approximate surface area is 436 Å². The SMILES string of the molecule is CC1(N)CCN(c2cnc(Sc3cccc(NC(=O)CCCCCCCCN4CC5CCN(c6ccc(C(=O)N7CCN(c8ccc9c(c8)C(=O)N(C8CCC(=O)NC8=O)C9=O)CC7)nn6)CC4C5)c3)cn2)CC1. The first-order valence-corrected chi connectivity index (χ1v) is 27.3. The van der Waals surface area contributed by atoms with Gasteiger partial charge in [-0.25, -0.2) is 9.97 Å². The van der Waals surface area contributed by atoms with Gasteiger partial charge in [-0.05, 0) is 113 Å². The maximum Gasteiger partial charge on any atom is 0.274 e. The van der Waals surface area contributed by atoms with Gasteiger partial charge in [0.15, 0.2) is 11.5 Å². The van der Waals surface area contributed by atoms with Gasteiger partial charge in [-0.2, -0.15) is 0 Å². The molecule has 19 nitrogen and oxygen atoms in total. The summed E-state index contributed by atoms with van der Waals surface area (Å²) in [5.74, 6) is 0.0574. The molecule has 390 valence electrons. The molecule has 2 bridgehead atoms. The number of imide groups is 2. The van der Waals surface area contributed by atoms with E-state index in [4.69, 9.17) is 5.73 Å². The highest BCUT2D eigenvalue weighted by molar-refractivity contribution is 7.99. The molecule has 5 saturated heterocycles. The van der Waals surface area contributed by atoms with Crippen LogP contribution < -0.4 is 31.1 Å². The lowest BCUT2D eigenvalue weighted by atomic mass is 9.91. The maximum atomic E-state index is 13.6.